The van der Waals surface area contributed by atoms with E-state index in [1.165, 1.54) is 0 Å². The number of para-hydroxylation sites is 1. The number of aromatic nitrogens is 3. The molecule has 0 radical (unpaired) electrons. The fraction of sp³-hybridized carbons (Fsp3) is 0.471. The lowest BCUT2D eigenvalue weighted by atomic mass is 10.0. The molecule has 1 unspecified atom stereocenters. The van der Waals surface area contributed by atoms with E-state index in [0.717, 1.165) is 23.5 Å². The third-order valence-corrected chi connectivity index (χ3v) is 4.42. The molecule has 1 aromatic carbocycles. The molecule has 3 rings (SSSR count). The number of hydrogen-bond acceptors (Lipinski definition) is 3. The molecule has 1 aromatic heterocycles. The fourth-order valence-corrected chi connectivity index (χ4v) is 3.11. The van der Waals surface area contributed by atoms with Gasteiger partial charge in [-0.05, 0) is 30.4 Å². The normalized spacial score (nSPS) is 17.2. The third kappa shape index (κ3) is 3.50. The third-order valence-electron chi connectivity index (χ3n) is 4.42. The molecule has 3 N–H and O–H groups in total. The van der Waals surface area contributed by atoms with Crippen molar-refractivity contribution in [2.45, 2.75) is 51.6 Å². The van der Waals surface area contributed by atoms with Gasteiger partial charge < -0.3 is 10.6 Å². The number of nitrogens with one attached hydrogen (secondary N) is 3. The zero-order valence-corrected chi connectivity index (χ0v) is 14.0. The second-order valence-corrected chi connectivity index (χ2v) is 6.46. The largest absolute Gasteiger partial charge is 0.343 e. The highest BCUT2D eigenvalue weighted by Crippen LogP contribution is 2.23. The number of benzene rings is 1. The number of amides is 2. The van der Waals surface area contributed by atoms with Gasteiger partial charge in [-0.1, -0.05) is 32.0 Å². The minimum Gasteiger partial charge on any atom is -0.335 e. The Kier molecular flexibility index (Phi) is 4.69. The van der Waals surface area contributed by atoms with Crippen molar-refractivity contribution in [3.05, 3.63) is 46.1 Å². The van der Waals surface area contributed by atoms with Crippen LogP contribution in [-0.2, 0) is 13.0 Å². The van der Waals surface area contributed by atoms with E-state index < -0.39 is 0 Å². The Labute approximate surface area is 140 Å². The van der Waals surface area contributed by atoms with Crippen molar-refractivity contribution in [3.63, 3.8) is 0 Å². The van der Waals surface area contributed by atoms with Gasteiger partial charge in [0.2, 0.25) is 0 Å². The van der Waals surface area contributed by atoms with Crippen LogP contribution in [0, 0.1) is 0 Å². The summed E-state index contributed by atoms with van der Waals surface area (Å²) < 4.78 is 1.65. The number of anilines is 1. The minimum atomic E-state index is -0.207. The molecule has 2 heterocycles. The standard InChI is InChI=1S/C17H23N5O2/c1-11(2)13-5-3-4-6-14(13)19-16(23)18-12-7-8-15-20-21-17(24)22(15)10-9-12/h3-6,11-12H,7-10H2,1-2H3,(H,21,24)(H2,18,19,23). The molecule has 2 aromatic rings. The molecule has 1 aliphatic heterocycles. The fourth-order valence-electron chi connectivity index (χ4n) is 3.11. The Hall–Kier alpha value is -2.57. The van der Waals surface area contributed by atoms with Crippen LogP contribution in [0.2, 0.25) is 0 Å². The summed E-state index contributed by atoms with van der Waals surface area (Å²) in [6.45, 7) is 4.77. The highest BCUT2D eigenvalue weighted by atomic mass is 16.2. The van der Waals surface area contributed by atoms with Crippen LogP contribution in [0.1, 0.15) is 44.0 Å². The van der Waals surface area contributed by atoms with E-state index in [2.05, 4.69) is 34.7 Å². The molecule has 0 aliphatic carbocycles. The van der Waals surface area contributed by atoms with E-state index in [4.69, 9.17) is 0 Å². The number of aromatic amines is 1. The molecule has 1 aliphatic rings. The second-order valence-electron chi connectivity index (χ2n) is 6.46. The SMILES string of the molecule is CC(C)c1ccccc1NC(=O)NC1CCc2n[nH]c(=O)n2CC1. The quantitative estimate of drug-likeness (QED) is 0.806. The molecule has 1 atom stereocenters. The number of urea groups is 1. The Morgan fingerprint density at radius 3 is 2.92 bits per heavy atom. The van der Waals surface area contributed by atoms with E-state index >= 15 is 0 Å². The van der Waals surface area contributed by atoms with Gasteiger partial charge in [0.15, 0.2) is 0 Å². The number of carbonyl (C=O) groups excluding carboxylic acids is 1. The number of H-pyrrole nitrogens is 1. The number of hydrogen-bond donors (Lipinski definition) is 3. The van der Waals surface area contributed by atoms with Crippen LogP contribution in [0.4, 0.5) is 10.5 Å². The van der Waals surface area contributed by atoms with Gasteiger partial charge in [0.1, 0.15) is 5.82 Å². The molecule has 2 amide bonds. The summed E-state index contributed by atoms with van der Waals surface area (Å²) in [5, 5.41) is 12.5. The van der Waals surface area contributed by atoms with Crippen LogP contribution < -0.4 is 16.3 Å². The Morgan fingerprint density at radius 2 is 2.12 bits per heavy atom. The zero-order chi connectivity index (χ0) is 17.1. The van der Waals surface area contributed by atoms with Crippen molar-refractivity contribution in [3.8, 4) is 0 Å². The molecule has 0 bridgehead atoms. The highest BCUT2D eigenvalue weighted by molar-refractivity contribution is 5.90. The Morgan fingerprint density at radius 1 is 1.33 bits per heavy atom. The highest BCUT2D eigenvalue weighted by Gasteiger charge is 2.20. The first-order valence-corrected chi connectivity index (χ1v) is 8.35. The average molecular weight is 329 g/mol. The molecule has 0 fully saturated rings. The second kappa shape index (κ2) is 6.90. The summed E-state index contributed by atoms with van der Waals surface area (Å²) in [6.07, 6.45) is 2.15. The van der Waals surface area contributed by atoms with Crippen molar-refractivity contribution in [1.82, 2.24) is 20.1 Å². The first-order chi connectivity index (χ1) is 11.5. The maximum atomic E-state index is 12.3. The summed E-state index contributed by atoms with van der Waals surface area (Å²) in [5.74, 6) is 1.10. The molecule has 7 heteroatoms. The van der Waals surface area contributed by atoms with Crippen LogP contribution in [0.3, 0.4) is 0 Å². The number of nitrogens with zero attached hydrogens (tertiary/aromatic N) is 2. The molecular formula is C17H23N5O2. The van der Waals surface area contributed by atoms with Crippen LogP contribution in [0.5, 0.6) is 0 Å². The van der Waals surface area contributed by atoms with Gasteiger partial charge >= 0.3 is 11.7 Å². The number of fused-ring (bicyclic) bond motifs is 1. The van der Waals surface area contributed by atoms with E-state index in [1.807, 2.05) is 24.3 Å². The number of carbonyl (C=O) groups is 1. The van der Waals surface area contributed by atoms with Crippen LogP contribution in [0.25, 0.3) is 0 Å². The summed E-state index contributed by atoms with van der Waals surface area (Å²) in [5.41, 5.74) is 1.77. The maximum Gasteiger partial charge on any atom is 0.343 e. The number of aryl methyl sites for hydroxylation is 1. The molecule has 0 saturated carbocycles. The first-order valence-electron chi connectivity index (χ1n) is 8.35. The van der Waals surface area contributed by atoms with Gasteiger partial charge in [0.25, 0.3) is 0 Å². The van der Waals surface area contributed by atoms with Gasteiger partial charge in [0.05, 0.1) is 0 Å². The van der Waals surface area contributed by atoms with Crippen molar-refractivity contribution < 1.29 is 4.79 Å². The van der Waals surface area contributed by atoms with E-state index in [-0.39, 0.29) is 17.8 Å². The summed E-state index contributed by atoms with van der Waals surface area (Å²) in [6, 6.07) is 7.65. The first kappa shape index (κ1) is 16.3. The van der Waals surface area contributed by atoms with E-state index in [0.29, 0.717) is 25.3 Å². The van der Waals surface area contributed by atoms with Crippen molar-refractivity contribution in [1.29, 1.82) is 0 Å². The predicted octanol–water partition coefficient (Wildman–Crippen LogP) is 2.22. The smallest absolute Gasteiger partial charge is 0.335 e. The molecular weight excluding hydrogens is 306 g/mol. The Bertz CT molecular complexity index is 777. The lowest BCUT2D eigenvalue weighted by molar-refractivity contribution is 0.247. The number of rotatable bonds is 3. The van der Waals surface area contributed by atoms with Crippen LogP contribution in [-0.4, -0.2) is 26.8 Å². The molecule has 24 heavy (non-hydrogen) atoms. The van der Waals surface area contributed by atoms with Crippen molar-refractivity contribution >= 4 is 11.7 Å². The van der Waals surface area contributed by atoms with Gasteiger partial charge in [-0.25, -0.2) is 14.7 Å². The minimum absolute atomic E-state index is 0.0253. The summed E-state index contributed by atoms with van der Waals surface area (Å²) >= 11 is 0. The average Bonchev–Trinajstić information content (AvgIpc) is 2.77. The van der Waals surface area contributed by atoms with Gasteiger partial charge in [-0.2, -0.15) is 5.10 Å². The lowest BCUT2D eigenvalue weighted by Crippen LogP contribution is -2.38. The van der Waals surface area contributed by atoms with Gasteiger partial charge in [-0.3, -0.25) is 4.57 Å². The lowest BCUT2D eigenvalue weighted by Gasteiger charge is -2.18. The van der Waals surface area contributed by atoms with E-state index in [9.17, 15) is 9.59 Å². The zero-order valence-electron chi connectivity index (χ0n) is 14.0. The molecule has 0 saturated heterocycles. The molecule has 128 valence electrons. The van der Waals surface area contributed by atoms with Gasteiger partial charge in [0, 0.05) is 24.7 Å². The summed E-state index contributed by atoms with van der Waals surface area (Å²) in [4.78, 5) is 24.0. The van der Waals surface area contributed by atoms with Crippen molar-refractivity contribution in [2.75, 3.05) is 5.32 Å². The predicted molar refractivity (Wildman–Crippen MR) is 92.3 cm³/mol. The van der Waals surface area contributed by atoms with Gasteiger partial charge in [-0.15, -0.1) is 0 Å². The van der Waals surface area contributed by atoms with E-state index in [1.54, 1.807) is 4.57 Å². The van der Waals surface area contributed by atoms with Crippen LogP contribution in [0.15, 0.2) is 29.1 Å². The van der Waals surface area contributed by atoms with Crippen molar-refractivity contribution in [2.24, 2.45) is 0 Å². The maximum absolute atomic E-state index is 12.3. The molecule has 0 spiro atoms. The molecule has 7 nitrogen and oxygen atoms in total. The Balaban J connectivity index is 1.61. The topological polar surface area (TPSA) is 91.8 Å². The monoisotopic (exact) mass is 329 g/mol. The van der Waals surface area contributed by atoms with Crippen LogP contribution >= 0.6 is 0 Å². The summed E-state index contributed by atoms with van der Waals surface area (Å²) in [7, 11) is 0.